The molecular formula is C24H20N4O4S. The van der Waals surface area contributed by atoms with E-state index in [1.165, 1.54) is 29.5 Å². The zero-order chi connectivity index (χ0) is 23.2. The number of anilines is 1. The molecule has 0 fully saturated rings. The molecule has 4 rings (SSSR count). The lowest BCUT2D eigenvalue weighted by atomic mass is 10.2. The first kappa shape index (κ1) is 22.1. The van der Waals surface area contributed by atoms with Gasteiger partial charge < -0.3 is 4.74 Å². The molecule has 2 aromatic carbocycles. The lowest BCUT2D eigenvalue weighted by Crippen LogP contribution is -2.29. The van der Waals surface area contributed by atoms with Crippen LogP contribution in [-0.2, 0) is 11.3 Å². The molecule has 2 heterocycles. The van der Waals surface area contributed by atoms with E-state index in [4.69, 9.17) is 9.72 Å². The SMILES string of the molecule is CCOc1cccc2sc(N(Cc3ccccn3)C(=O)C=Cc3ccc([N+](=O)[O-])cc3)nc12. The number of pyridine rings is 1. The van der Waals surface area contributed by atoms with E-state index in [-0.39, 0.29) is 18.1 Å². The molecule has 166 valence electrons. The average Bonchev–Trinajstić information content (AvgIpc) is 3.27. The Labute approximate surface area is 193 Å². The first-order chi connectivity index (χ1) is 16.0. The highest BCUT2D eigenvalue weighted by atomic mass is 32.1. The molecule has 0 bridgehead atoms. The maximum Gasteiger partial charge on any atom is 0.269 e. The third-order valence-corrected chi connectivity index (χ3v) is 5.78. The monoisotopic (exact) mass is 460 g/mol. The van der Waals surface area contributed by atoms with Crippen LogP contribution in [0.15, 0.2) is 72.9 Å². The number of benzene rings is 2. The van der Waals surface area contributed by atoms with E-state index in [2.05, 4.69) is 4.98 Å². The van der Waals surface area contributed by atoms with Crippen LogP contribution < -0.4 is 9.64 Å². The van der Waals surface area contributed by atoms with Crippen molar-refractivity contribution in [2.24, 2.45) is 0 Å². The minimum absolute atomic E-state index is 0.00478. The van der Waals surface area contributed by atoms with Crippen molar-refractivity contribution in [2.75, 3.05) is 11.5 Å². The van der Waals surface area contributed by atoms with Crippen molar-refractivity contribution in [2.45, 2.75) is 13.5 Å². The molecule has 2 aromatic heterocycles. The number of nitrogens with zero attached hydrogens (tertiary/aromatic N) is 4. The molecule has 0 N–H and O–H groups in total. The molecule has 0 spiro atoms. The Balaban J connectivity index is 1.66. The Bertz CT molecular complexity index is 1300. The predicted molar refractivity (Wildman–Crippen MR) is 128 cm³/mol. The van der Waals surface area contributed by atoms with Gasteiger partial charge in [0.25, 0.3) is 11.6 Å². The van der Waals surface area contributed by atoms with Gasteiger partial charge in [-0.3, -0.25) is 24.8 Å². The van der Waals surface area contributed by atoms with Gasteiger partial charge in [0.2, 0.25) is 0 Å². The van der Waals surface area contributed by atoms with Crippen LogP contribution in [0.5, 0.6) is 5.75 Å². The van der Waals surface area contributed by atoms with E-state index in [9.17, 15) is 14.9 Å². The first-order valence-electron chi connectivity index (χ1n) is 10.2. The van der Waals surface area contributed by atoms with Crippen LogP contribution in [0.25, 0.3) is 16.3 Å². The zero-order valence-corrected chi connectivity index (χ0v) is 18.6. The van der Waals surface area contributed by atoms with Gasteiger partial charge in [-0.15, -0.1) is 0 Å². The summed E-state index contributed by atoms with van der Waals surface area (Å²) in [5, 5.41) is 11.4. The molecule has 33 heavy (non-hydrogen) atoms. The second-order valence-electron chi connectivity index (χ2n) is 6.96. The third kappa shape index (κ3) is 5.21. The first-order valence-corrected chi connectivity index (χ1v) is 11.0. The largest absolute Gasteiger partial charge is 0.492 e. The molecule has 0 aliphatic carbocycles. The standard InChI is InChI=1S/C24H20N4O4S/c1-2-32-20-7-5-8-21-23(20)26-24(33-21)27(16-18-6-3-4-15-25-18)22(29)14-11-17-9-12-19(13-10-17)28(30)31/h3-15H,2,16H2,1H3. The van der Waals surface area contributed by atoms with Crippen LogP contribution in [0.4, 0.5) is 10.8 Å². The summed E-state index contributed by atoms with van der Waals surface area (Å²) < 4.78 is 6.60. The molecule has 1 amide bonds. The van der Waals surface area contributed by atoms with Gasteiger partial charge >= 0.3 is 0 Å². The summed E-state index contributed by atoms with van der Waals surface area (Å²) in [6, 6.07) is 17.2. The fourth-order valence-electron chi connectivity index (χ4n) is 3.16. The molecule has 0 saturated carbocycles. The quantitative estimate of drug-likeness (QED) is 0.202. The number of rotatable bonds is 8. The predicted octanol–water partition coefficient (Wildman–Crippen LogP) is 5.24. The normalized spacial score (nSPS) is 11.1. The van der Waals surface area contributed by atoms with Crippen LogP contribution in [0.2, 0.25) is 0 Å². The Hall–Kier alpha value is -4.11. The maximum atomic E-state index is 13.2. The highest BCUT2D eigenvalue weighted by Gasteiger charge is 2.20. The lowest BCUT2D eigenvalue weighted by molar-refractivity contribution is -0.384. The molecule has 0 aliphatic heterocycles. The Kier molecular flexibility index (Phi) is 6.70. The average molecular weight is 461 g/mol. The van der Waals surface area contributed by atoms with Crippen molar-refractivity contribution >= 4 is 44.4 Å². The van der Waals surface area contributed by atoms with Crippen molar-refractivity contribution < 1.29 is 14.5 Å². The Morgan fingerprint density at radius 3 is 2.67 bits per heavy atom. The number of hydrogen-bond acceptors (Lipinski definition) is 7. The van der Waals surface area contributed by atoms with E-state index in [1.54, 1.807) is 29.3 Å². The van der Waals surface area contributed by atoms with Crippen molar-refractivity contribution in [3.63, 3.8) is 0 Å². The van der Waals surface area contributed by atoms with Gasteiger partial charge in [0.15, 0.2) is 5.13 Å². The number of hydrogen-bond donors (Lipinski definition) is 0. The molecule has 0 radical (unpaired) electrons. The number of nitro groups is 1. The fourth-order valence-corrected chi connectivity index (χ4v) is 4.14. The minimum atomic E-state index is -0.461. The van der Waals surface area contributed by atoms with Crippen molar-refractivity contribution in [1.29, 1.82) is 0 Å². The summed E-state index contributed by atoms with van der Waals surface area (Å²) in [5.74, 6) is 0.389. The lowest BCUT2D eigenvalue weighted by Gasteiger charge is -2.17. The highest BCUT2D eigenvalue weighted by Crippen LogP contribution is 2.35. The van der Waals surface area contributed by atoms with Crippen LogP contribution in [-0.4, -0.2) is 27.4 Å². The molecule has 4 aromatic rings. The van der Waals surface area contributed by atoms with Gasteiger partial charge in [0.1, 0.15) is 11.3 Å². The summed E-state index contributed by atoms with van der Waals surface area (Å²) in [6.07, 6.45) is 4.73. The number of non-ortho nitro benzene ring substituents is 1. The van der Waals surface area contributed by atoms with E-state index in [1.807, 2.05) is 43.3 Å². The van der Waals surface area contributed by atoms with Gasteiger partial charge in [0.05, 0.1) is 28.5 Å². The van der Waals surface area contributed by atoms with Crippen LogP contribution >= 0.6 is 11.3 Å². The molecular weight excluding hydrogens is 440 g/mol. The summed E-state index contributed by atoms with van der Waals surface area (Å²) in [6.45, 7) is 2.67. The van der Waals surface area contributed by atoms with Gasteiger partial charge in [-0.25, -0.2) is 4.98 Å². The minimum Gasteiger partial charge on any atom is -0.492 e. The number of fused-ring (bicyclic) bond motifs is 1. The van der Waals surface area contributed by atoms with E-state index >= 15 is 0 Å². The molecule has 0 atom stereocenters. The van der Waals surface area contributed by atoms with Crippen molar-refractivity contribution in [3.05, 3.63) is 94.3 Å². The molecule has 0 saturated heterocycles. The second-order valence-corrected chi connectivity index (χ2v) is 7.97. The van der Waals surface area contributed by atoms with E-state index in [0.29, 0.717) is 28.6 Å². The second kappa shape index (κ2) is 10.0. The van der Waals surface area contributed by atoms with Crippen molar-refractivity contribution in [1.82, 2.24) is 9.97 Å². The van der Waals surface area contributed by atoms with Crippen LogP contribution in [0.3, 0.4) is 0 Å². The number of amides is 1. The summed E-state index contributed by atoms with van der Waals surface area (Å²) >= 11 is 1.40. The number of carbonyl (C=O) groups excluding carboxylic acids is 1. The Morgan fingerprint density at radius 2 is 1.97 bits per heavy atom. The van der Waals surface area contributed by atoms with E-state index < -0.39 is 4.92 Å². The topological polar surface area (TPSA) is 98.5 Å². The van der Waals surface area contributed by atoms with Gasteiger partial charge in [-0.2, -0.15) is 0 Å². The molecule has 0 unspecified atom stereocenters. The van der Waals surface area contributed by atoms with Crippen LogP contribution in [0, 0.1) is 10.1 Å². The van der Waals surface area contributed by atoms with Gasteiger partial charge in [0, 0.05) is 24.4 Å². The van der Waals surface area contributed by atoms with Crippen LogP contribution in [0.1, 0.15) is 18.2 Å². The number of nitro benzene ring substituents is 1. The number of ether oxygens (including phenoxy) is 1. The molecule has 9 heteroatoms. The molecule has 0 aliphatic rings. The summed E-state index contributed by atoms with van der Waals surface area (Å²) in [7, 11) is 0. The summed E-state index contributed by atoms with van der Waals surface area (Å²) in [4.78, 5) is 34.2. The van der Waals surface area contributed by atoms with E-state index in [0.717, 1.165) is 10.4 Å². The van der Waals surface area contributed by atoms with Gasteiger partial charge in [-0.1, -0.05) is 23.5 Å². The number of para-hydroxylation sites is 1. The van der Waals surface area contributed by atoms with Crippen molar-refractivity contribution in [3.8, 4) is 5.75 Å². The maximum absolute atomic E-state index is 13.2. The smallest absolute Gasteiger partial charge is 0.269 e. The Morgan fingerprint density at radius 1 is 1.15 bits per heavy atom. The number of carbonyl (C=O) groups is 1. The number of aromatic nitrogens is 2. The fraction of sp³-hybridized carbons (Fsp3) is 0.125. The highest BCUT2D eigenvalue weighted by molar-refractivity contribution is 7.22. The third-order valence-electron chi connectivity index (χ3n) is 4.74. The molecule has 8 nitrogen and oxygen atoms in total. The zero-order valence-electron chi connectivity index (χ0n) is 17.7. The number of thiazole rings is 1. The van der Waals surface area contributed by atoms with Gasteiger partial charge in [-0.05, 0) is 55.0 Å². The summed E-state index contributed by atoms with van der Waals surface area (Å²) in [5.41, 5.74) is 2.10.